The standard InChI is InChI=1S/C23H27N5O4S/c1-15-22(33(31,32)27-9-10-28-18(14-27)7-8-24-28)13-20(26(15)2)23(30)25-19-11-16-5-3-4-6-17(16)12-21(19)29/h3-8,13,19,21,29H,9-12,14H2,1-2H3,(H,25,30)/t19-,21-/m1/s1. The molecule has 9 nitrogen and oxygen atoms in total. The van der Waals surface area contributed by atoms with Crippen LogP contribution in [0.1, 0.15) is 33.0 Å². The summed E-state index contributed by atoms with van der Waals surface area (Å²) >= 11 is 0. The van der Waals surface area contributed by atoms with Crippen molar-refractivity contribution in [3.05, 3.63) is 70.8 Å². The minimum Gasteiger partial charge on any atom is -0.391 e. The van der Waals surface area contributed by atoms with Crippen molar-refractivity contribution in [1.82, 2.24) is 24.0 Å². The zero-order valence-corrected chi connectivity index (χ0v) is 19.4. The Kier molecular flexibility index (Phi) is 5.38. The van der Waals surface area contributed by atoms with E-state index < -0.39 is 28.1 Å². The number of benzene rings is 1. The Bertz CT molecular complexity index is 1330. The molecule has 3 heterocycles. The van der Waals surface area contributed by atoms with Crippen molar-refractivity contribution in [2.75, 3.05) is 6.54 Å². The fraction of sp³-hybridized carbons (Fsp3) is 0.391. The average molecular weight is 470 g/mol. The summed E-state index contributed by atoms with van der Waals surface area (Å²) in [4.78, 5) is 13.2. The first-order valence-corrected chi connectivity index (χ1v) is 12.4. The van der Waals surface area contributed by atoms with Gasteiger partial charge in [0, 0.05) is 31.9 Å². The van der Waals surface area contributed by atoms with Gasteiger partial charge in [0.05, 0.1) is 30.9 Å². The van der Waals surface area contributed by atoms with Crippen LogP contribution in [-0.2, 0) is 43.0 Å². The lowest BCUT2D eigenvalue weighted by Gasteiger charge is -2.30. The molecule has 1 aromatic carbocycles. The van der Waals surface area contributed by atoms with Gasteiger partial charge in [-0.15, -0.1) is 0 Å². The van der Waals surface area contributed by atoms with Gasteiger partial charge >= 0.3 is 0 Å². The van der Waals surface area contributed by atoms with Crippen LogP contribution in [-0.4, -0.2) is 56.8 Å². The van der Waals surface area contributed by atoms with E-state index in [2.05, 4.69) is 10.4 Å². The van der Waals surface area contributed by atoms with Gasteiger partial charge in [0.1, 0.15) is 10.6 Å². The van der Waals surface area contributed by atoms with Gasteiger partial charge in [0.15, 0.2) is 0 Å². The predicted molar refractivity (Wildman–Crippen MR) is 121 cm³/mol. The number of nitrogens with one attached hydrogen (secondary N) is 1. The van der Waals surface area contributed by atoms with E-state index in [1.54, 1.807) is 29.4 Å². The van der Waals surface area contributed by atoms with Crippen LogP contribution in [0.5, 0.6) is 0 Å². The van der Waals surface area contributed by atoms with Crippen LogP contribution < -0.4 is 5.32 Å². The Hall–Kier alpha value is -2.95. The summed E-state index contributed by atoms with van der Waals surface area (Å²) in [6, 6.07) is 10.7. The summed E-state index contributed by atoms with van der Waals surface area (Å²) in [7, 11) is -2.11. The highest BCUT2D eigenvalue weighted by molar-refractivity contribution is 7.89. The van der Waals surface area contributed by atoms with Crippen molar-refractivity contribution in [1.29, 1.82) is 0 Å². The minimum atomic E-state index is -3.79. The molecule has 0 fully saturated rings. The van der Waals surface area contributed by atoms with Crippen molar-refractivity contribution >= 4 is 15.9 Å². The van der Waals surface area contributed by atoms with Crippen molar-refractivity contribution in [2.24, 2.45) is 7.05 Å². The van der Waals surface area contributed by atoms with Crippen molar-refractivity contribution < 1.29 is 18.3 Å². The number of fused-ring (bicyclic) bond motifs is 2. The number of hydrogen-bond donors (Lipinski definition) is 2. The van der Waals surface area contributed by atoms with Gasteiger partial charge in [-0.05, 0) is 36.6 Å². The first kappa shape index (κ1) is 21.9. The maximum absolute atomic E-state index is 13.4. The highest BCUT2D eigenvalue weighted by Crippen LogP contribution is 2.27. The second-order valence-corrected chi connectivity index (χ2v) is 10.7. The molecule has 0 radical (unpaired) electrons. The molecule has 2 aromatic heterocycles. The van der Waals surface area contributed by atoms with Gasteiger partial charge in [0.2, 0.25) is 10.0 Å². The number of amides is 1. The molecule has 5 rings (SSSR count). The molecule has 1 aliphatic carbocycles. The largest absolute Gasteiger partial charge is 0.391 e. The number of hydrogen-bond acceptors (Lipinski definition) is 5. The SMILES string of the molecule is Cc1c(S(=O)(=O)N2CCn3nccc3C2)cc(C(=O)N[C@@H]2Cc3ccccc3C[C@H]2O)n1C. The summed E-state index contributed by atoms with van der Waals surface area (Å²) in [6.45, 7) is 2.75. The molecule has 0 unspecified atom stereocenters. The minimum absolute atomic E-state index is 0.123. The number of rotatable bonds is 4. The molecule has 3 aromatic rings. The number of nitrogens with zero attached hydrogens (tertiary/aromatic N) is 4. The van der Waals surface area contributed by atoms with Crippen molar-refractivity contribution in [3.63, 3.8) is 0 Å². The van der Waals surface area contributed by atoms with E-state index in [-0.39, 0.29) is 17.1 Å². The van der Waals surface area contributed by atoms with Crippen LogP contribution in [0.2, 0.25) is 0 Å². The Morgan fingerprint density at radius 1 is 1.15 bits per heavy atom. The highest BCUT2D eigenvalue weighted by atomic mass is 32.2. The molecule has 10 heteroatoms. The van der Waals surface area contributed by atoms with Gasteiger partial charge in [-0.1, -0.05) is 24.3 Å². The van der Waals surface area contributed by atoms with Crippen LogP contribution in [0.3, 0.4) is 0 Å². The first-order valence-electron chi connectivity index (χ1n) is 11.0. The zero-order valence-electron chi connectivity index (χ0n) is 18.6. The fourth-order valence-electron chi connectivity index (χ4n) is 4.74. The van der Waals surface area contributed by atoms with Gasteiger partial charge in [0.25, 0.3) is 5.91 Å². The van der Waals surface area contributed by atoms with E-state index in [4.69, 9.17) is 0 Å². The third-order valence-electron chi connectivity index (χ3n) is 6.81. The Balaban J connectivity index is 1.38. The van der Waals surface area contributed by atoms with Gasteiger partial charge in [-0.2, -0.15) is 9.40 Å². The number of sulfonamides is 1. The van der Waals surface area contributed by atoms with Crippen LogP contribution in [0.4, 0.5) is 0 Å². The number of aliphatic hydroxyl groups is 1. The van der Waals surface area contributed by atoms with Gasteiger partial charge in [-0.3, -0.25) is 9.48 Å². The monoisotopic (exact) mass is 469 g/mol. The predicted octanol–water partition coefficient (Wildman–Crippen LogP) is 0.993. The maximum atomic E-state index is 13.4. The lowest BCUT2D eigenvalue weighted by Crippen LogP contribution is -2.48. The van der Waals surface area contributed by atoms with Crippen molar-refractivity contribution in [3.8, 4) is 0 Å². The molecule has 0 saturated carbocycles. The van der Waals surface area contributed by atoms with E-state index in [0.717, 1.165) is 16.8 Å². The van der Waals surface area contributed by atoms with Gasteiger partial charge in [-0.25, -0.2) is 8.42 Å². The summed E-state index contributed by atoms with van der Waals surface area (Å²) in [5, 5.41) is 17.7. The molecule has 2 aliphatic rings. The molecule has 0 saturated heterocycles. The molecule has 0 bridgehead atoms. The molecule has 0 spiro atoms. The van der Waals surface area contributed by atoms with E-state index in [1.807, 2.05) is 30.3 Å². The highest BCUT2D eigenvalue weighted by Gasteiger charge is 2.34. The lowest BCUT2D eigenvalue weighted by molar-refractivity contribution is 0.0807. The number of carbonyl (C=O) groups is 1. The second kappa shape index (κ2) is 8.12. The Labute approximate surface area is 192 Å². The number of aromatic nitrogens is 3. The third kappa shape index (κ3) is 3.77. The quantitative estimate of drug-likeness (QED) is 0.592. The van der Waals surface area contributed by atoms with E-state index >= 15 is 0 Å². The number of aliphatic hydroxyl groups excluding tert-OH is 1. The molecule has 2 atom stereocenters. The fourth-order valence-corrected chi connectivity index (χ4v) is 6.42. The Morgan fingerprint density at radius 3 is 2.64 bits per heavy atom. The first-order chi connectivity index (χ1) is 15.8. The molecule has 1 amide bonds. The topological polar surface area (TPSA) is 109 Å². The normalized spacial score (nSPS) is 20.8. The smallest absolute Gasteiger partial charge is 0.268 e. The zero-order chi connectivity index (χ0) is 23.3. The second-order valence-electron chi connectivity index (χ2n) is 8.75. The van der Waals surface area contributed by atoms with Crippen LogP contribution in [0, 0.1) is 6.92 Å². The van der Waals surface area contributed by atoms with Crippen molar-refractivity contribution in [2.45, 2.75) is 49.9 Å². The van der Waals surface area contributed by atoms with E-state index in [1.165, 1.54) is 10.4 Å². The summed E-state index contributed by atoms with van der Waals surface area (Å²) in [5.74, 6) is -0.401. The van der Waals surface area contributed by atoms with Crippen LogP contribution >= 0.6 is 0 Å². The molecule has 33 heavy (non-hydrogen) atoms. The molecular weight excluding hydrogens is 442 g/mol. The summed E-state index contributed by atoms with van der Waals surface area (Å²) in [5.41, 5.74) is 3.76. The van der Waals surface area contributed by atoms with Crippen LogP contribution in [0.25, 0.3) is 0 Å². The van der Waals surface area contributed by atoms with Gasteiger partial charge < -0.3 is 15.0 Å². The summed E-state index contributed by atoms with van der Waals surface area (Å²) in [6.07, 6.45) is 1.96. The maximum Gasteiger partial charge on any atom is 0.268 e. The molecule has 1 aliphatic heterocycles. The lowest BCUT2D eigenvalue weighted by atomic mass is 9.86. The van der Waals surface area contributed by atoms with Crippen LogP contribution in [0.15, 0.2) is 47.5 Å². The molecule has 2 N–H and O–H groups in total. The average Bonchev–Trinajstić information content (AvgIpc) is 3.38. The van der Waals surface area contributed by atoms with E-state index in [9.17, 15) is 18.3 Å². The third-order valence-corrected chi connectivity index (χ3v) is 8.77. The summed E-state index contributed by atoms with van der Waals surface area (Å²) < 4.78 is 31.7. The van der Waals surface area contributed by atoms with E-state index in [0.29, 0.717) is 31.6 Å². The molecule has 174 valence electrons. The number of carbonyl (C=O) groups excluding carboxylic acids is 1. The Morgan fingerprint density at radius 2 is 1.88 bits per heavy atom. The molecular formula is C23H27N5O4S.